The van der Waals surface area contributed by atoms with Crippen molar-refractivity contribution in [3.63, 3.8) is 0 Å². The van der Waals surface area contributed by atoms with Crippen molar-refractivity contribution in [3.05, 3.63) is 62.6 Å². The number of nitrogens with zero attached hydrogens (tertiary/aromatic N) is 3. The van der Waals surface area contributed by atoms with Crippen LogP contribution in [0.3, 0.4) is 0 Å². The first kappa shape index (κ1) is 13.5. The number of amides is 1. The monoisotopic (exact) mass is 299 g/mol. The quantitative estimate of drug-likeness (QED) is 0.686. The minimum Gasteiger partial charge on any atom is -0.327 e. The van der Waals surface area contributed by atoms with Crippen LogP contribution in [0.4, 0.5) is 0 Å². The van der Waals surface area contributed by atoms with E-state index in [1.54, 1.807) is 11.6 Å². The van der Waals surface area contributed by atoms with E-state index in [-0.39, 0.29) is 5.56 Å². The van der Waals surface area contributed by atoms with Crippen LogP contribution in [0.25, 0.3) is 10.9 Å². The van der Waals surface area contributed by atoms with Gasteiger partial charge in [0.2, 0.25) is 0 Å². The molecule has 0 aliphatic rings. The van der Waals surface area contributed by atoms with Gasteiger partial charge in [0, 0.05) is 37.1 Å². The van der Waals surface area contributed by atoms with E-state index >= 15 is 0 Å². The molecule has 106 valence electrons. The fourth-order valence-electron chi connectivity index (χ4n) is 2.17. The number of rotatable bonds is 1. The Hall–Kier alpha value is -2.47. The summed E-state index contributed by atoms with van der Waals surface area (Å²) in [6.45, 7) is 0. The first-order valence-electron chi connectivity index (χ1n) is 6.36. The number of fused-ring (bicyclic) bond motifs is 1. The van der Waals surface area contributed by atoms with Crippen molar-refractivity contribution >= 4 is 28.1 Å². The highest BCUT2D eigenvalue weighted by Gasteiger charge is 2.12. The Balaban J connectivity index is 2.27. The second-order valence-corrected chi connectivity index (χ2v) is 5.56. The fourth-order valence-corrected chi connectivity index (χ4v) is 2.90. The van der Waals surface area contributed by atoms with E-state index in [0.29, 0.717) is 10.4 Å². The first-order chi connectivity index (χ1) is 10.1. The normalized spacial score (nSPS) is 12.0. The van der Waals surface area contributed by atoms with E-state index in [4.69, 9.17) is 0 Å². The Labute approximate surface area is 124 Å². The minimum atomic E-state index is -0.401. The molecule has 21 heavy (non-hydrogen) atoms. The van der Waals surface area contributed by atoms with Gasteiger partial charge in [-0.1, -0.05) is 18.2 Å². The number of carbonyl (C=O) groups is 1. The van der Waals surface area contributed by atoms with Crippen LogP contribution < -0.4 is 10.4 Å². The number of pyridine rings is 1. The van der Waals surface area contributed by atoms with Crippen molar-refractivity contribution in [1.82, 2.24) is 9.13 Å². The number of hydrogen-bond acceptors (Lipinski definition) is 3. The molecular formula is C15H13N3O2S. The molecule has 0 radical (unpaired) electrons. The topological polar surface area (TPSA) is 56.4 Å². The summed E-state index contributed by atoms with van der Waals surface area (Å²) in [4.78, 5) is 29.1. The van der Waals surface area contributed by atoms with Gasteiger partial charge in [0.05, 0.1) is 11.1 Å². The molecule has 0 unspecified atom stereocenters. The smallest absolute Gasteiger partial charge is 0.280 e. The average molecular weight is 299 g/mol. The van der Waals surface area contributed by atoms with Crippen molar-refractivity contribution in [2.75, 3.05) is 0 Å². The van der Waals surface area contributed by atoms with Crippen molar-refractivity contribution < 1.29 is 4.79 Å². The lowest BCUT2D eigenvalue weighted by Crippen LogP contribution is -2.19. The Morgan fingerprint density at radius 3 is 2.71 bits per heavy atom. The van der Waals surface area contributed by atoms with Gasteiger partial charge < -0.3 is 9.13 Å². The molecule has 5 nitrogen and oxygen atoms in total. The van der Waals surface area contributed by atoms with E-state index in [9.17, 15) is 9.59 Å². The Bertz CT molecular complexity index is 963. The second kappa shape index (κ2) is 5.14. The van der Waals surface area contributed by atoms with Gasteiger partial charge in [0.1, 0.15) is 0 Å². The molecular weight excluding hydrogens is 286 g/mol. The predicted molar refractivity (Wildman–Crippen MR) is 82.4 cm³/mol. The SMILES string of the molecule is Cn1ccsc1=NC(=O)c1cc(=O)n(C)c2ccccc12. The highest BCUT2D eigenvalue weighted by atomic mass is 32.1. The lowest BCUT2D eigenvalue weighted by atomic mass is 10.1. The number of aryl methyl sites for hydroxylation is 2. The zero-order valence-electron chi connectivity index (χ0n) is 11.6. The molecule has 0 spiro atoms. The standard InChI is InChI=1S/C15H13N3O2S/c1-17-7-8-21-15(17)16-14(20)11-9-13(19)18(2)12-6-4-3-5-10(11)12/h3-9H,1-2H3. The average Bonchev–Trinajstić information content (AvgIpc) is 2.88. The molecule has 6 heteroatoms. The zero-order chi connectivity index (χ0) is 15.0. The van der Waals surface area contributed by atoms with Crippen LogP contribution in [0.1, 0.15) is 10.4 Å². The van der Waals surface area contributed by atoms with E-state index in [2.05, 4.69) is 4.99 Å². The third-order valence-electron chi connectivity index (χ3n) is 3.34. The molecule has 0 aliphatic carbocycles. The number of aromatic nitrogens is 2. The van der Waals surface area contributed by atoms with Gasteiger partial charge in [-0.05, 0) is 6.07 Å². The number of benzene rings is 1. The summed E-state index contributed by atoms with van der Waals surface area (Å²) in [5.74, 6) is -0.401. The zero-order valence-corrected chi connectivity index (χ0v) is 12.4. The molecule has 0 fully saturated rings. The first-order valence-corrected chi connectivity index (χ1v) is 7.24. The number of hydrogen-bond donors (Lipinski definition) is 0. The molecule has 2 heterocycles. The van der Waals surface area contributed by atoms with E-state index in [1.165, 1.54) is 22.0 Å². The van der Waals surface area contributed by atoms with Gasteiger partial charge >= 0.3 is 0 Å². The summed E-state index contributed by atoms with van der Waals surface area (Å²) in [5, 5.41) is 2.58. The van der Waals surface area contributed by atoms with Gasteiger partial charge in [-0.25, -0.2) is 0 Å². The molecule has 1 amide bonds. The van der Waals surface area contributed by atoms with Gasteiger partial charge in [0.15, 0.2) is 4.80 Å². The van der Waals surface area contributed by atoms with Crippen LogP contribution in [0.2, 0.25) is 0 Å². The third-order valence-corrected chi connectivity index (χ3v) is 4.19. The van der Waals surface area contributed by atoms with Crippen LogP contribution in [-0.4, -0.2) is 15.0 Å². The molecule has 0 N–H and O–H groups in total. The lowest BCUT2D eigenvalue weighted by molar-refractivity contribution is 0.0999. The molecule has 2 aromatic heterocycles. The maximum atomic E-state index is 12.4. The molecule has 0 atom stereocenters. The maximum Gasteiger partial charge on any atom is 0.280 e. The van der Waals surface area contributed by atoms with Gasteiger partial charge in [0.25, 0.3) is 11.5 Å². The second-order valence-electron chi connectivity index (χ2n) is 4.69. The van der Waals surface area contributed by atoms with Gasteiger partial charge in [-0.15, -0.1) is 11.3 Å². The Kier molecular flexibility index (Phi) is 3.31. The molecule has 3 rings (SSSR count). The largest absolute Gasteiger partial charge is 0.327 e. The number of para-hydroxylation sites is 1. The number of carbonyl (C=O) groups excluding carboxylic acids is 1. The predicted octanol–water partition coefficient (Wildman–Crippen LogP) is 1.68. The van der Waals surface area contributed by atoms with Crippen LogP contribution in [-0.2, 0) is 14.1 Å². The molecule has 0 saturated carbocycles. The van der Waals surface area contributed by atoms with E-state index in [1.807, 2.05) is 42.9 Å². The summed E-state index contributed by atoms with van der Waals surface area (Å²) >= 11 is 1.38. The van der Waals surface area contributed by atoms with Crippen molar-refractivity contribution in [2.24, 2.45) is 19.1 Å². The molecule has 0 bridgehead atoms. The third kappa shape index (κ3) is 2.34. The summed E-state index contributed by atoms with van der Waals surface area (Å²) in [6, 6.07) is 8.67. The Morgan fingerprint density at radius 2 is 2.00 bits per heavy atom. The molecule has 0 saturated heterocycles. The highest BCUT2D eigenvalue weighted by molar-refractivity contribution is 7.07. The minimum absolute atomic E-state index is 0.220. The highest BCUT2D eigenvalue weighted by Crippen LogP contribution is 2.16. The van der Waals surface area contributed by atoms with Gasteiger partial charge in [-0.3, -0.25) is 9.59 Å². The van der Waals surface area contributed by atoms with E-state index in [0.717, 1.165) is 10.9 Å². The van der Waals surface area contributed by atoms with E-state index < -0.39 is 5.91 Å². The fraction of sp³-hybridized carbons (Fsp3) is 0.133. The van der Waals surface area contributed by atoms with Gasteiger partial charge in [-0.2, -0.15) is 4.99 Å². The summed E-state index contributed by atoms with van der Waals surface area (Å²) < 4.78 is 3.29. The summed E-state index contributed by atoms with van der Waals surface area (Å²) in [5.41, 5.74) is 0.837. The maximum absolute atomic E-state index is 12.4. The molecule has 0 aliphatic heterocycles. The van der Waals surface area contributed by atoms with Crippen molar-refractivity contribution in [2.45, 2.75) is 0 Å². The molecule has 3 aromatic rings. The molecule has 1 aromatic carbocycles. The Morgan fingerprint density at radius 1 is 1.24 bits per heavy atom. The van der Waals surface area contributed by atoms with Crippen molar-refractivity contribution in [3.8, 4) is 0 Å². The summed E-state index contributed by atoms with van der Waals surface area (Å²) in [6.07, 6.45) is 1.83. The number of thiazole rings is 1. The van der Waals surface area contributed by atoms with Crippen molar-refractivity contribution in [1.29, 1.82) is 0 Å². The van der Waals surface area contributed by atoms with Crippen LogP contribution in [0.5, 0.6) is 0 Å². The van der Waals surface area contributed by atoms with Crippen LogP contribution in [0, 0.1) is 0 Å². The van der Waals surface area contributed by atoms with Crippen LogP contribution in [0.15, 0.2) is 51.7 Å². The van der Waals surface area contributed by atoms with Crippen LogP contribution >= 0.6 is 11.3 Å². The summed E-state index contributed by atoms with van der Waals surface area (Å²) in [7, 11) is 3.51. The lowest BCUT2D eigenvalue weighted by Gasteiger charge is -2.07.